The average molecular weight is 377 g/mol. The highest BCUT2D eigenvalue weighted by Crippen LogP contribution is 2.20. The van der Waals surface area contributed by atoms with Crippen molar-refractivity contribution in [2.45, 2.75) is 72.8 Å². The van der Waals surface area contributed by atoms with E-state index in [9.17, 15) is 9.59 Å². The molecule has 0 heterocycles. The van der Waals surface area contributed by atoms with Crippen molar-refractivity contribution in [1.82, 2.24) is 10.6 Å². The van der Waals surface area contributed by atoms with Gasteiger partial charge in [-0.1, -0.05) is 39.2 Å². The van der Waals surface area contributed by atoms with E-state index in [1.807, 2.05) is 39.8 Å². The molecule has 152 valence electrons. The van der Waals surface area contributed by atoms with Gasteiger partial charge in [0.25, 0.3) is 0 Å². The maximum absolute atomic E-state index is 12.3. The van der Waals surface area contributed by atoms with Crippen molar-refractivity contribution >= 4 is 23.4 Å². The van der Waals surface area contributed by atoms with Crippen molar-refractivity contribution in [2.75, 3.05) is 17.2 Å². The lowest BCUT2D eigenvalue weighted by Crippen LogP contribution is -2.43. The molecule has 6 nitrogen and oxygen atoms in total. The van der Waals surface area contributed by atoms with Crippen LogP contribution in [-0.2, 0) is 0 Å². The summed E-state index contributed by atoms with van der Waals surface area (Å²) in [5, 5.41) is 11.5. The Morgan fingerprint density at radius 2 is 1.78 bits per heavy atom. The van der Waals surface area contributed by atoms with Gasteiger partial charge in [0, 0.05) is 23.5 Å². The smallest absolute Gasteiger partial charge is 0.319 e. The summed E-state index contributed by atoms with van der Waals surface area (Å²) in [5.41, 5.74) is 1.93. The first kappa shape index (κ1) is 22.8. The fourth-order valence-corrected chi connectivity index (χ4v) is 2.68. The van der Waals surface area contributed by atoms with Crippen LogP contribution in [-0.4, -0.2) is 24.1 Å². The van der Waals surface area contributed by atoms with Gasteiger partial charge in [-0.2, -0.15) is 0 Å². The number of aryl methyl sites for hydroxylation is 1. The number of anilines is 2. The van der Waals surface area contributed by atoms with Crippen molar-refractivity contribution in [1.29, 1.82) is 0 Å². The third-order valence-electron chi connectivity index (χ3n) is 4.33. The Bertz CT molecular complexity index is 623. The van der Waals surface area contributed by atoms with Gasteiger partial charge >= 0.3 is 12.1 Å². The lowest BCUT2D eigenvalue weighted by molar-refractivity contribution is 0.243. The van der Waals surface area contributed by atoms with Crippen LogP contribution >= 0.6 is 0 Å². The Hall–Kier alpha value is -2.24. The molecule has 1 rings (SSSR count). The molecular formula is C21H36N4O2. The SMILES string of the molecule is CCCCC(CC)CNC(=O)Nc1cc(NC(=O)NC(C)(C)C)ccc1C. The highest BCUT2D eigenvalue weighted by Gasteiger charge is 2.14. The van der Waals surface area contributed by atoms with Crippen LogP contribution in [0.25, 0.3) is 0 Å². The molecule has 0 radical (unpaired) electrons. The van der Waals surface area contributed by atoms with Crippen LogP contribution in [0.3, 0.4) is 0 Å². The molecule has 6 heteroatoms. The topological polar surface area (TPSA) is 82.3 Å². The minimum absolute atomic E-state index is 0.218. The molecule has 0 aliphatic carbocycles. The molecule has 1 atom stereocenters. The lowest BCUT2D eigenvalue weighted by Gasteiger charge is -2.21. The highest BCUT2D eigenvalue weighted by molar-refractivity contribution is 5.93. The first-order valence-corrected chi connectivity index (χ1v) is 9.89. The summed E-state index contributed by atoms with van der Waals surface area (Å²) in [6.07, 6.45) is 4.55. The predicted molar refractivity (Wildman–Crippen MR) is 113 cm³/mol. The monoisotopic (exact) mass is 376 g/mol. The molecule has 0 aliphatic heterocycles. The number of nitrogens with one attached hydrogen (secondary N) is 4. The number of rotatable bonds is 8. The standard InChI is InChI=1S/C21H36N4O2/c1-7-9-10-16(8-2)14-22-19(26)24-18-13-17(12-11-15(18)3)23-20(27)25-21(4,5)6/h11-13,16H,7-10,14H2,1-6H3,(H2,22,24,26)(H2,23,25,27). The fourth-order valence-electron chi connectivity index (χ4n) is 2.68. The first-order valence-electron chi connectivity index (χ1n) is 9.89. The Kier molecular flexibility index (Phi) is 9.12. The van der Waals surface area contributed by atoms with Crippen LogP contribution in [0.5, 0.6) is 0 Å². The van der Waals surface area contributed by atoms with Crippen molar-refractivity contribution in [3.05, 3.63) is 23.8 Å². The largest absolute Gasteiger partial charge is 0.338 e. The van der Waals surface area contributed by atoms with Gasteiger partial charge in [0.2, 0.25) is 0 Å². The van der Waals surface area contributed by atoms with E-state index in [1.165, 1.54) is 12.8 Å². The number of unbranched alkanes of at least 4 members (excludes halogenated alkanes) is 1. The number of urea groups is 2. The van der Waals surface area contributed by atoms with Crippen LogP contribution in [0.1, 0.15) is 65.9 Å². The van der Waals surface area contributed by atoms with Crippen LogP contribution in [0.15, 0.2) is 18.2 Å². The Balaban J connectivity index is 2.63. The van der Waals surface area contributed by atoms with E-state index in [0.717, 1.165) is 18.4 Å². The maximum Gasteiger partial charge on any atom is 0.319 e. The number of hydrogen-bond donors (Lipinski definition) is 4. The summed E-state index contributed by atoms with van der Waals surface area (Å²) < 4.78 is 0. The summed E-state index contributed by atoms with van der Waals surface area (Å²) in [6.45, 7) is 12.7. The second-order valence-electron chi connectivity index (χ2n) is 8.11. The van der Waals surface area contributed by atoms with Gasteiger partial charge in [0.15, 0.2) is 0 Å². The van der Waals surface area contributed by atoms with Gasteiger partial charge in [0.05, 0.1) is 0 Å². The van der Waals surface area contributed by atoms with E-state index in [4.69, 9.17) is 0 Å². The second-order valence-corrected chi connectivity index (χ2v) is 8.11. The molecule has 1 aromatic carbocycles. The van der Waals surface area contributed by atoms with Gasteiger partial charge in [-0.3, -0.25) is 0 Å². The molecule has 0 spiro atoms. The maximum atomic E-state index is 12.3. The zero-order chi connectivity index (χ0) is 20.4. The number of hydrogen-bond acceptors (Lipinski definition) is 2. The lowest BCUT2D eigenvalue weighted by atomic mass is 9.99. The molecule has 0 saturated carbocycles. The summed E-state index contributed by atoms with van der Waals surface area (Å²) >= 11 is 0. The molecule has 1 unspecified atom stereocenters. The fraction of sp³-hybridized carbons (Fsp3) is 0.619. The molecule has 0 aliphatic rings. The van der Waals surface area contributed by atoms with Gasteiger partial charge in [0.1, 0.15) is 0 Å². The summed E-state index contributed by atoms with van der Waals surface area (Å²) in [5.74, 6) is 0.505. The number of carbonyl (C=O) groups is 2. The molecule has 4 amide bonds. The third-order valence-corrected chi connectivity index (χ3v) is 4.33. The van der Waals surface area contributed by atoms with E-state index >= 15 is 0 Å². The van der Waals surface area contributed by atoms with Gasteiger partial charge in [-0.05, 0) is 57.7 Å². The van der Waals surface area contributed by atoms with Crippen LogP contribution in [0.4, 0.5) is 21.0 Å². The molecular weight excluding hydrogens is 340 g/mol. The Morgan fingerprint density at radius 1 is 1.07 bits per heavy atom. The van der Waals surface area contributed by atoms with E-state index in [2.05, 4.69) is 35.1 Å². The summed E-state index contributed by atoms with van der Waals surface area (Å²) in [4.78, 5) is 24.3. The summed E-state index contributed by atoms with van der Waals surface area (Å²) in [6, 6.07) is 4.97. The van der Waals surface area contributed by atoms with Crippen molar-refractivity contribution < 1.29 is 9.59 Å². The molecule has 1 aromatic rings. The number of benzene rings is 1. The molecule has 27 heavy (non-hydrogen) atoms. The molecule has 0 aromatic heterocycles. The molecule has 4 N–H and O–H groups in total. The minimum atomic E-state index is -0.316. The zero-order valence-electron chi connectivity index (χ0n) is 17.7. The minimum Gasteiger partial charge on any atom is -0.338 e. The first-order chi connectivity index (χ1) is 12.6. The van der Waals surface area contributed by atoms with E-state index < -0.39 is 0 Å². The van der Waals surface area contributed by atoms with E-state index in [-0.39, 0.29) is 17.6 Å². The normalized spacial score (nSPS) is 12.2. The summed E-state index contributed by atoms with van der Waals surface area (Å²) in [7, 11) is 0. The van der Waals surface area contributed by atoms with Crippen LogP contribution in [0, 0.1) is 12.8 Å². The van der Waals surface area contributed by atoms with Gasteiger partial charge in [-0.25, -0.2) is 9.59 Å². The quantitative estimate of drug-likeness (QED) is 0.499. The molecule has 0 fully saturated rings. The van der Waals surface area contributed by atoms with Crippen LogP contribution in [0.2, 0.25) is 0 Å². The molecule has 0 saturated heterocycles. The van der Waals surface area contributed by atoms with Crippen molar-refractivity contribution in [3.63, 3.8) is 0 Å². The average Bonchev–Trinajstić information content (AvgIpc) is 2.56. The Morgan fingerprint density at radius 3 is 2.37 bits per heavy atom. The van der Waals surface area contributed by atoms with Gasteiger partial charge in [-0.15, -0.1) is 0 Å². The zero-order valence-corrected chi connectivity index (χ0v) is 17.7. The van der Waals surface area contributed by atoms with Gasteiger partial charge < -0.3 is 21.3 Å². The van der Waals surface area contributed by atoms with Crippen molar-refractivity contribution in [2.24, 2.45) is 5.92 Å². The van der Waals surface area contributed by atoms with E-state index in [0.29, 0.717) is 23.8 Å². The Labute approximate surface area is 163 Å². The second kappa shape index (κ2) is 10.8. The number of amides is 4. The van der Waals surface area contributed by atoms with Crippen molar-refractivity contribution in [3.8, 4) is 0 Å². The van der Waals surface area contributed by atoms with Crippen LogP contribution < -0.4 is 21.3 Å². The molecule has 0 bridgehead atoms. The third kappa shape index (κ3) is 9.31. The number of carbonyl (C=O) groups excluding carboxylic acids is 2. The van der Waals surface area contributed by atoms with E-state index in [1.54, 1.807) is 6.07 Å². The predicted octanol–water partition coefficient (Wildman–Crippen LogP) is 5.25. The highest BCUT2D eigenvalue weighted by atomic mass is 16.2.